The second-order valence-corrected chi connectivity index (χ2v) is 4.75. The zero-order valence-electron chi connectivity index (χ0n) is 10.2. The van der Waals surface area contributed by atoms with Gasteiger partial charge in [0.05, 0.1) is 0 Å². The third-order valence-corrected chi connectivity index (χ3v) is 3.24. The fraction of sp³-hybridized carbons (Fsp3) is 0.357. The van der Waals surface area contributed by atoms with E-state index in [1.807, 2.05) is 13.0 Å². The van der Waals surface area contributed by atoms with Gasteiger partial charge in [0.2, 0.25) is 0 Å². The highest BCUT2D eigenvalue weighted by molar-refractivity contribution is 5.61. The van der Waals surface area contributed by atoms with Gasteiger partial charge in [-0.15, -0.1) is 0 Å². The summed E-state index contributed by atoms with van der Waals surface area (Å²) < 4.78 is 18.5. The van der Waals surface area contributed by atoms with Crippen LogP contribution in [-0.4, -0.2) is 11.2 Å². The molecule has 1 aliphatic carbocycles. The molecule has 2 aromatic rings. The van der Waals surface area contributed by atoms with Crippen LogP contribution < -0.4 is 5.32 Å². The Kier molecular flexibility index (Phi) is 2.88. The van der Waals surface area contributed by atoms with E-state index < -0.39 is 0 Å². The largest absolute Gasteiger partial charge is 0.356 e. The Bertz CT molecular complexity index is 561. The second kappa shape index (κ2) is 4.53. The quantitative estimate of drug-likeness (QED) is 0.901. The first kappa shape index (κ1) is 11.4. The first-order chi connectivity index (χ1) is 8.74. The van der Waals surface area contributed by atoms with Crippen molar-refractivity contribution in [2.75, 3.05) is 0 Å². The summed E-state index contributed by atoms with van der Waals surface area (Å²) in [5.41, 5.74) is 2.62. The van der Waals surface area contributed by atoms with Gasteiger partial charge >= 0.3 is 0 Å². The van der Waals surface area contributed by atoms with Crippen molar-refractivity contribution in [3.63, 3.8) is 0 Å². The number of aromatic nitrogens is 1. The molecule has 94 valence electrons. The number of nitrogens with one attached hydrogen (secondary N) is 1. The molecule has 0 amide bonds. The molecular weight excluding hydrogens is 231 g/mol. The number of rotatable bonds is 4. The molecule has 1 saturated carbocycles. The smallest absolute Gasteiger partial charge is 0.170 e. The molecule has 3 rings (SSSR count). The summed E-state index contributed by atoms with van der Waals surface area (Å²) in [6, 6.07) is 7.03. The number of halogens is 1. The van der Waals surface area contributed by atoms with E-state index in [1.54, 1.807) is 6.07 Å². The molecule has 4 heteroatoms. The van der Waals surface area contributed by atoms with Crippen molar-refractivity contribution >= 4 is 0 Å². The lowest BCUT2D eigenvalue weighted by molar-refractivity contribution is 0.419. The highest BCUT2D eigenvalue weighted by Gasteiger charge is 2.22. The lowest BCUT2D eigenvalue weighted by Crippen LogP contribution is -2.16. The summed E-state index contributed by atoms with van der Waals surface area (Å²) in [7, 11) is 0. The molecule has 1 fully saturated rings. The van der Waals surface area contributed by atoms with Crippen molar-refractivity contribution in [2.45, 2.75) is 32.4 Å². The Hall–Kier alpha value is -1.68. The fourth-order valence-corrected chi connectivity index (χ4v) is 1.96. The zero-order chi connectivity index (χ0) is 12.5. The molecule has 0 aliphatic heterocycles. The summed E-state index contributed by atoms with van der Waals surface area (Å²) in [5.74, 6) is 0.392. The highest BCUT2D eigenvalue weighted by atomic mass is 19.1. The molecule has 0 atom stereocenters. The predicted molar refractivity (Wildman–Crippen MR) is 66.5 cm³/mol. The zero-order valence-corrected chi connectivity index (χ0v) is 10.2. The Morgan fingerprint density at radius 3 is 3.00 bits per heavy atom. The van der Waals surface area contributed by atoms with Crippen LogP contribution in [-0.2, 0) is 6.54 Å². The molecule has 18 heavy (non-hydrogen) atoms. The van der Waals surface area contributed by atoms with Crippen LogP contribution in [0.3, 0.4) is 0 Å². The molecule has 1 aliphatic rings. The Balaban J connectivity index is 1.83. The average molecular weight is 246 g/mol. The summed E-state index contributed by atoms with van der Waals surface area (Å²) in [6.07, 6.45) is 2.49. The Morgan fingerprint density at radius 2 is 2.28 bits per heavy atom. The molecule has 0 radical (unpaired) electrons. The lowest BCUT2D eigenvalue weighted by Gasteiger charge is -2.00. The average Bonchev–Trinajstić information content (AvgIpc) is 3.11. The molecule has 0 spiro atoms. The van der Waals surface area contributed by atoms with Crippen molar-refractivity contribution in [1.29, 1.82) is 0 Å². The molecule has 0 saturated heterocycles. The van der Waals surface area contributed by atoms with E-state index in [1.165, 1.54) is 25.0 Å². The molecule has 1 heterocycles. The third kappa shape index (κ3) is 2.29. The van der Waals surface area contributed by atoms with E-state index in [0.29, 0.717) is 11.8 Å². The van der Waals surface area contributed by atoms with Gasteiger partial charge in [0.15, 0.2) is 5.76 Å². The molecule has 1 aromatic carbocycles. The minimum Gasteiger partial charge on any atom is -0.356 e. The van der Waals surface area contributed by atoms with Crippen LogP contribution in [0.15, 0.2) is 28.8 Å². The summed E-state index contributed by atoms with van der Waals surface area (Å²) in [4.78, 5) is 0. The van der Waals surface area contributed by atoms with E-state index in [0.717, 1.165) is 23.4 Å². The van der Waals surface area contributed by atoms with Crippen LogP contribution >= 0.6 is 0 Å². The monoisotopic (exact) mass is 246 g/mol. The van der Waals surface area contributed by atoms with Crippen LogP contribution in [0.2, 0.25) is 0 Å². The molecule has 3 nitrogen and oxygen atoms in total. The van der Waals surface area contributed by atoms with Crippen molar-refractivity contribution < 1.29 is 8.91 Å². The van der Waals surface area contributed by atoms with Crippen LogP contribution in [0, 0.1) is 12.7 Å². The number of nitrogens with zero attached hydrogens (tertiary/aromatic N) is 1. The Morgan fingerprint density at radius 1 is 1.44 bits per heavy atom. The van der Waals surface area contributed by atoms with Crippen molar-refractivity contribution in [3.8, 4) is 11.3 Å². The van der Waals surface area contributed by atoms with Gasteiger partial charge in [0.25, 0.3) is 0 Å². The first-order valence-corrected chi connectivity index (χ1v) is 6.18. The SMILES string of the molecule is Cc1c(CNC2CC2)noc1-c1cccc(F)c1. The summed E-state index contributed by atoms with van der Waals surface area (Å²) in [5, 5.41) is 7.45. The molecule has 0 unspecified atom stereocenters. The van der Waals surface area contributed by atoms with E-state index >= 15 is 0 Å². The molecule has 1 N–H and O–H groups in total. The standard InChI is InChI=1S/C14H15FN2O/c1-9-13(8-16-12-5-6-12)17-18-14(9)10-3-2-4-11(15)7-10/h2-4,7,12,16H,5-6,8H2,1H3. The van der Waals surface area contributed by atoms with E-state index in [2.05, 4.69) is 10.5 Å². The lowest BCUT2D eigenvalue weighted by atomic mass is 10.1. The van der Waals surface area contributed by atoms with Crippen molar-refractivity contribution in [1.82, 2.24) is 10.5 Å². The van der Waals surface area contributed by atoms with Gasteiger partial charge in [-0.3, -0.25) is 0 Å². The Labute approximate surface area is 105 Å². The van der Waals surface area contributed by atoms with Gasteiger partial charge in [-0.2, -0.15) is 0 Å². The maximum atomic E-state index is 13.2. The number of hydrogen-bond acceptors (Lipinski definition) is 3. The molecule has 1 aromatic heterocycles. The predicted octanol–water partition coefficient (Wildman–Crippen LogP) is 3.04. The van der Waals surface area contributed by atoms with E-state index in [4.69, 9.17) is 4.52 Å². The van der Waals surface area contributed by atoms with Crippen molar-refractivity contribution in [3.05, 3.63) is 41.3 Å². The van der Waals surface area contributed by atoms with Crippen LogP contribution in [0.5, 0.6) is 0 Å². The summed E-state index contributed by atoms with van der Waals surface area (Å²) in [6.45, 7) is 2.68. The third-order valence-electron chi connectivity index (χ3n) is 3.24. The number of hydrogen-bond donors (Lipinski definition) is 1. The van der Waals surface area contributed by atoms with Crippen molar-refractivity contribution in [2.24, 2.45) is 0 Å². The maximum absolute atomic E-state index is 13.2. The number of benzene rings is 1. The van der Waals surface area contributed by atoms with E-state index in [9.17, 15) is 4.39 Å². The molecule has 0 bridgehead atoms. The van der Waals surface area contributed by atoms with Gasteiger partial charge in [-0.05, 0) is 31.9 Å². The highest BCUT2D eigenvalue weighted by Crippen LogP contribution is 2.27. The van der Waals surface area contributed by atoms with Gasteiger partial charge in [-0.1, -0.05) is 17.3 Å². The first-order valence-electron chi connectivity index (χ1n) is 6.18. The minimum atomic E-state index is -0.263. The van der Waals surface area contributed by atoms with Crippen LogP contribution in [0.25, 0.3) is 11.3 Å². The topological polar surface area (TPSA) is 38.1 Å². The van der Waals surface area contributed by atoms with Gasteiger partial charge in [0, 0.05) is 23.7 Å². The maximum Gasteiger partial charge on any atom is 0.170 e. The van der Waals surface area contributed by atoms with Gasteiger partial charge in [0.1, 0.15) is 11.5 Å². The molecular formula is C14H15FN2O. The van der Waals surface area contributed by atoms with Crippen LogP contribution in [0.4, 0.5) is 4.39 Å². The normalized spacial score (nSPS) is 15.0. The van der Waals surface area contributed by atoms with Crippen LogP contribution in [0.1, 0.15) is 24.1 Å². The summed E-state index contributed by atoms with van der Waals surface area (Å²) >= 11 is 0. The van der Waals surface area contributed by atoms with Gasteiger partial charge < -0.3 is 9.84 Å². The second-order valence-electron chi connectivity index (χ2n) is 4.75. The fourth-order valence-electron chi connectivity index (χ4n) is 1.96. The van der Waals surface area contributed by atoms with Gasteiger partial charge in [-0.25, -0.2) is 4.39 Å². The minimum absolute atomic E-state index is 0.263. The van der Waals surface area contributed by atoms with E-state index in [-0.39, 0.29) is 5.82 Å².